The summed E-state index contributed by atoms with van der Waals surface area (Å²) >= 11 is 0. The Bertz CT molecular complexity index is 760. The SMILES string of the molecule is CCc1cc(=O)c2cc(NC(=O)CC3CCCCO3)ccc2[nH]1. The van der Waals surface area contributed by atoms with Crippen molar-refractivity contribution in [2.75, 3.05) is 11.9 Å². The predicted octanol–water partition coefficient (Wildman–Crippen LogP) is 2.99. The minimum Gasteiger partial charge on any atom is -0.378 e. The van der Waals surface area contributed by atoms with E-state index in [-0.39, 0.29) is 17.4 Å². The molecule has 1 aliphatic rings. The van der Waals surface area contributed by atoms with E-state index in [2.05, 4.69) is 10.3 Å². The average Bonchev–Trinajstić information content (AvgIpc) is 2.56. The highest BCUT2D eigenvalue weighted by atomic mass is 16.5. The van der Waals surface area contributed by atoms with Crippen molar-refractivity contribution in [1.82, 2.24) is 4.98 Å². The molecule has 122 valence electrons. The maximum absolute atomic E-state index is 12.2. The molecule has 0 bridgehead atoms. The highest BCUT2D eigenvalue weighted by molar-refractivity contribution is 5.93. The van der Waals surface area contributed by atoms with E-state index in [0.29, 0.717) is 17.5 Å². The minimum atomic E-state index is -0.0714. The van der Waals surface area contributed by atoms with Crippen molar-refractivity contribution in [3.8, 4) is 0 Å². The van der Waals surface area contributed by atoms with E-state index >= 15 is 0 Å². The number of H-pyrrole nitrogens is 1. The number of aromatic amines is 1. The highest BCUT2D eigenvalue weighted by Crippen LogP contribution is 2.18. The summed E-state index contributed by atoms with van der Waals surface area (Å²) < 4.78 is 5.59. The van der Waals surface area contributed by atoms with Gasteiger partial charge in [0.25, 0.3) is 0 Å². The number of anilines is 1. The van der Waals surface area contributed by atoms with Gasteiger partial charge in [-0.1, -0.05) is 6.92 Å². The van der Waals surface area contributed by atoms with Crippen LogP contribution in [0.15, 0.2) is 29.1 Å². The normalized spacial score (nSPS) is 18.0. The Morgan fingerprint density at radius 2 is 2.22 bits per heavy atom. The van der Waals surface area contributed by atoms with Crippen LogP contribution in [0.25, 0.3) is 10.9 Å². The fraction of sp³-hybridized carbons (Fsp3) is 0.444. The molecule has 0 aliphatic carbocycles. The molecule has 1 saturated heterocycles. The van der Waals surface area contributed by atoms with Gasteiger partial charge < -0.3 is 15.0 Å². The molecule has 1 fully saturated rings. The summed E-state index contributed by atoms with van der Waals surface area (Å²) in [7, 11) is 0. The van der Waals surface area contributed by atoms with Crippen LogP contribution < -0.4 is 10.7 Å². The second-order valence-corrected chi connectivity index (χ2v) is 6.01. The number of aromatic nitrogens is 1. The van der Waals surface area contributed by atoms with Crippen molar-refractivity contribution < 1.29 is 9.53 Å². The fourth-order valence-electron chi connectivity index (χ4n) is 2.96. The van der Waals surface area contributed by atoms with Crippen molar-refractivity contribution in [2.24, 2.45) is 0 Å². The largest absolute Gasteiger partial charge is 0.378 e. The Morgan fingerprint density at radius 3 is 2.96 bits per heavy atom. The number of fused-ring (bicyclic) bond motifs is 1. The smallest absolute Gasteiger partial charge is 0.226 e. The van der Waals surface area contributed by atoms with Gasteiger partial charge in [0.05, 0.1) is 12.5 Å². The van der Waals surface area contributed by atoms with Gasteiger partial charge in [-0.05, 0) is 43.9 Å². The molecule has 1 aromatic heterocycles. The molecule has 23 heavy (non-hydrogen) atoms. The molecule has 2 N–H and O–H groups in total. The van der Waals surface area contributed by atoms with E-state index in [1.165, 1.54) is 0 Å². The Kier molecular flexibility index (Phi) is 4.76. The zero-order valence-electron chi connectivity index (χ0n) is 13.4. The van der Waals surface area contributed by atoms with Crippen LogP contribution in [-0.2, 0) is 16.0 Å². The molecule has 5 heteroatoms. The fourth-order valence-corrected chi connectivity index (χ4v) is 2.96. The van der Waals surface area contributed by atoms with Gasteiger partial charge in [-0.3, -0.25) is 9.59 Å². The molecule has 2 aromatic rings. The van der Waals surface area contributed by atoms with Crippen molar-refractivity contribution in [3.63, 3.8) is 0 Å². The van der Waals surface area contributed by atoms with Crippen molar-refractivity contribution in [1.29, 1.82) is 0 Å². The van der Waals surface area contributed by atoms with Gasteiger partial charge in [0, 0.05) is 35.0 Å². The van der Waals surface area contributed by atoms with Gasteiger partial charge in [-0.15, -0.1) is 0 Å². The minimum absolute atomic E-state index is 0.0136. The molecule has 5 nitrogen and oxygen atoms in total. The molecule has 0 saturated carbocycles. The zero-order valence-corrected chi connectivity index (χ0v) is 13.4. The zero-order chi connectivity index (χ0) is 16.2. The number of carbonyl (C=O) groups excluding carboxylic acids is 1. The maximum atomic E-state index is 12.2. The number of benzene rings is 1. The van der Waals surface area contributed by atoms with E-state index in [0.717, 1.165) is 43.5 Å². The quantitative estimate of drug-likeness (QED) is 0.911. The lowest BCUT2D eigenvalue weighted by Gasteiger charge is -2.21. The van der Waals surface area contributed by atoms with Crippen LogP contribution in [0.1, 0.15) is 38.3 Å². The van der Waals surface area contributed by atoms with E-state index in [1.54, 1.807) is 12.1 Å². The summed E-state index contributed by atoms with van der Waals surface area (Å²) in [5, 5.41) is 3.46. The first kappa shape index (κ1) is 15.7. The summed E-state index contributed by atoms with van der Waals surface area (Å²) in [6.45, 7) is 2.74. The molecule has 1 aliphatic heterocycles. The summed E-state index contributed by atoms with van der Waals surface area (Å²) in [6, 6.07) is 7.00. The first-order valence-corrected chi connectivity index (χ1v) is 8.23. The molecule has 0 radical (unpaired) electrons. The molecule has 1 amide bonds. The molecular formula is C18H22N2O3. The molecule has 1 aromatic carbocycles. The van der Waals surface area contributed by atoms with E-state index in [9.17, 15) is 9.59 Å². The third-order valence-electron chi connectivity index (χ3n) is 4.24. The third-order valence-corrected chi connectivity index (χ3v) is 4.24. The topological polar surface area (TPSA) is 71.2 Å². The lowest BCUT2D eigenvalue weighted by Crippen LogP contribution is -2.25. The molecule has 0 spiro atoms. The summed E-state index contributed by atoms with van der Waals surface area (Å²) in [5.41, 5.74) is 2.33. The number of aryl methyl sites for hydroxylation is 1. The number of ether oxygens (including phenoxy) is 1. The summed E-state index contributed by atoms with van der Waals surface area (Å²) in [4.78, 5) is 27.5. The lowest BCUT2D eigenvalue weighted by atomic mass is 10.1. The second kappa shape index (κ2) is 6.96. The van der Waals surface area contributed by atoms with E-state index in [4.69, 9.17) is 4.74 Å². The lowest BCUT2D eigenvalue weighted by molar-refractivity contribution is -0.119. The predicted molar refractivity (Wildman–Crippen MR) is 90.8 cm³/mol. The number of rotatable bonds is 4. The number of hydrogen-bond acceptors (Lipinski definition) is 3. The second-order valence-electron chi connectivity index (χ2n) is 6.01. The Hall–Kier alpha value is -2.14. The maximum Gasteiger partial charge on any atom is 0.226 e. The third kappa shape index (κ3) is 3.79. The number of amides is 1. The van der Waals surface area contributed by atoms with Gasteiger partial charge in [-0.2, -0.15) is 0 Å². The first-order valence-electron chi connectivity index (χ1n) is 8.23. The monoisotopic (exact) mass is 314 g/mol. The number of nitrogens with one attached hydrogen (secondary N) is 2. The number of carbonyl (C=O) groups is 1. The number of hydrogen-bond donors (Lipinski definition) is 2. The Labute approximate surface area is 135 Å². The Morgan fingerprint density at radius 1 is 1.35 bits per heavy atom. The van der Waals surface area contributed by atoms with Crippen LogP contribution in [0, 0.1) is 0 Å². The van der Waals surface area contributed by atoms with Crippen molar-refractivity contribution in [3.05, 3.63) is 40.2 Å². The van der Waals surface area contributed by atoms with Crippen LogP contribution >= 0.6 is 0 Å². The van der Waals surface area contributed by atoms with Gasteiger partial charge in [0.2, 0.25) is 5.91 Å². The molecule has 3 rings (SSSR count). The van der Waals surface area contributed by atoms with Crippen molar-refractivity contribution >= 4 is 22.5 Å². The van der Waals surface area contributed by atoms with E-state index in [1.807, 2.05) is 19.1 Å². The average molecular weight is 314 g/mol. The van der Waals surface area contributed by atoms with Gasteiger partial charge >= 0.3 is 0 Å². The van der Waals surface area contributed by atoms with Crippen LogP contribution in [-0.4, -0.2) is 23.6 Å². The van der Waals surface area contributed by atoms with Gasteiger partial charge in [0.1, 0.15) is 0 Å². The Balaban J connectivity index is 1.74. The van der Waals surface area contributed by atoms with Crippen LogP contribution in [0.2, 0.25) is 0 Å². The molecule has 2 heterocycles. The number of pyridine rings is 1. The van der Waals surface area contributed by atoms with Gasteiger partial charge in [0.15, 0.2) is 5.43 Å². The van der Waals surface area contributed by atoms with Crippen molar-refractivity contribution in [2.45, 2.75) is 45.1 Å². The summed E-state index contributed by atoms with van der Waals surface area (Å²) in [6.07, 6.45) is 4.28. The molecule has 1 unspecified atom stereocenters. The first-order chi connectivity index (χ1) is 11.2. The summed E-state index contributed by atoms with van der Waals surface area (Å²) in [5.74, 6) is -0.0714. The van der Waals surface area contributed by atoms with Crippen LogP contribution in [0.3, 0.4) is 0 Å². The van der Waals surface area contributed by atoms with Crippen LogP contribution in [0.4, 0.5) is 5.69 Å². The molecular weight excluding hydrogens is 292 g/mol. The van der Waals surface area contributed by atoms with Gasteiger partial charge in [-0.25, -0.2) is 0 Å². The van der Waals surface area contributed by atoms with E-state index < -0.39 is 0 Å². The molecule has 1 atom stereocenters. The highest BCUT2D eigenvalue weighted by Gasteiger charge is 2.17. The standard InChI is InChI=1S/C18H22N2O3/c1-2-12-10-17(21)15-9-13(6-7-16(15)19-12)20-18(22)11-14-5-3-4-8-23-14/h6-7,9-10,14H,2-5,8,11H2,1H3,(H,19,21)(H,20,22). The van der Waals surface area contributed by atoms with Crippen LogP contribution in [0.5, 0.6) is 0 Å².